The SMILES string of the molecule is O=C(NC(Cn1nccn1)c1ccccc1)c1cc2ccccc2[nH]1. The first-order chi connectivity index (χ1) is 12.3. The first-order valence-corrected chi connectivity index (χ1v) is 8.07. The number of carbonyl (C=O) groups is 1. The predicted octanol–water partition coefficient (Wildman–Crippen LogP) is 2.93. The average molecular weight is 331 g/mol. The number of amides is 1. The monoisotopic (exact) mass is 331 g/mol. The second-order valence-electron chi connectivity index (χ2n) is 5.79. The summed E-state index contributed by atoms with van der Waals surface area (Å²) in [4.78, 5) is 17.5. The van der Waals surface area contributed by atoms with Gasteiger partial charge in [-0.05, 0) is 17.7 Å². The van der Waals surface area contributed by atoms with Gasteiger partial charge in [-0.25, -0.2) is 0 Å². The van der Waals surface area contributed by atoms with Crippen LogP contribution >= 0.6 is 0 Å². The van der Waals surface area contributed by atoms with Crippen molar-refractivity contribution < 1.29 is 4.79 Å². The third kappa shape index (κ3) is 3.28. The van der Waals surface area contributed by atoms with Crippen LogP contribution in [0.25, 0.3) is 10.9 Å². The number of hydrogen-bond donors (Lipinski definition) is 2. The molecule has 0 saturated carbocycles. The molecule has 25 heavy (non-hydrogen) atoms. The van der Waals surface area contributed by atoms with Crippen molar-refractivity contribution in [1.29, 1.82) is 0 Å². The minimum Gasteiger partial charge on any atom is -0.351 e. The van der Waals surface area contributed by atoms with Gasteiger partial charge in [0.05, 0.1) is 25.0 Å². The maximum atomic E-state index is 12.7. The molecule has 2 aromatic carbocycles. The number of nitrogens with zero attached hydrogens (tertiary/aromatic N) is 3. The van der Waals surface area contributed by atoms with Gasteiger partial charge in [0.25, 0.3) is 5.91 Å². The number of aromatic amines is 1. The van der Waals surface area contributed by atoms with Crippen LogP contribution in [-0.2, 0) is 6.54 Å². The Balaban J connectivity index is 1.60. The molecule has 6 heteroatoms. The molecule has 1 unspecified atom stereocenters. The second kappa shape index (κ2) is 6.60. The minimum atomic E-state index is -0.229. The Kier molecular flexibility index (Phi) is 4.00. The van der Waals surface area contributed by atoms with Crippen molar-refractivity contribution in [2.45, 2.75) is 12.6 Å². The van der Waals surface area contributed by atoms with Gasteiger partial charge in [-0.15, -0.1) is 0 Å². The van der Waals surface area contributed by atoms with Crippen molar-refractivity contribution in [3.8, 4) is 0 Å². The van der Waals surface area contributed by atoms with Crippen LogP contribution in [0.2, 0.25) is 0 Å². The number of H-pyrrole nitrogens is 1. The lowest BCUT2D eigenvalue weighted by Gasteiger charge is -2.18. The summed E-state index contributed by atoms with van der Waals surface area (Å²) in [5.74, 6) is -0.155. The highest BCUT2D eigenvalue weighted by atomic mass is 16.2. The lowest BCUT2D eigenvalue weighted by atomic mass is 10.1. The fraction of sp³-hybridized carbons (Fsp3) is 0.105. The molecule has 0 aliphatic carbocycles. The Morgan fingerprint density at radius 2 is 1.76 bits per heavy atom. The second-order valence-corrected chi connectivity index (χ2v) is 5.79. The fourth-order valence-electron chi connectivity index (χ4n) is 2.85. The van der Waals surface area contributed by atoms with E-state index in [4.69, 9.17) is 0 Å². The van der Waals surface area contributed by atoms with Crippen LogP contribution in [0.4, 0.5) is 0 Å². The Hall–Kier alpha value is -3.41. The summed E-state index contributed by atoms with van der Waals surface area (Å²) in [5, 5.41) is 12.4. The lowest BCUT2D eigenvalue weighted by Crippen LogP contribution is -2.32. The highest BCUT2D eigenvalue weighted by Crippen LogP contribution is 2.18. The molecular formula is C19H17N5O. The molecule has 0 saturated heterocycles. The molecule has 1 atom stereocenters. The fourth-order valence-corrected chi connectivity index (χ4v) is 2.85. The molecule has 0 aliphatic rings. The zero-order chi connectivity index (χ0) is 17.1. The Morgan fingerprint density at radius 1 is 1.04 bits per heavy atom. The molecule has 2 aromatic heterocycles. The molecule has 0 radical (unpaired) electrons. The third-order valence-corrected chi connectivity index (χ3v) is 4.09. The number of carbonyl (C=O) groups excluding carboxylic acids is 1. The van der Waals surface area contributed by atoms with E-state index in [2.05, 4.69) is 20.5 Å². The number of nitrogens with one attached hydrogen (secondary N) is 2. The van der Waals surface area contributed by atoms with Crippen molar-refractivity contribution in [2.75, 3.05) is 0 Å². The maximum Gasteiger partial charge on any atom is 0.268 e. The summed E-state index contributed by atoms with van der Waals surface area (Å²) >= 11 is 0. The Bertz CT molecular complexity index is 942. The van der Waals surface area contributed by atoms with E-state index >= 15 is 0 Å². The summed E-state index contributed by atoms with van der Waals surface area (Å²) in [6.07, 6.45) is 3.25. The van der Waals surface area contributed by atoms with Gasteiger partial charge >= 0.3 is 0 Å². The minimum absolute atomic E-state index is 0.155. The van der Waals surface area contributed by atoms with Gasteiger partial charge in [-0.3, -0.25) is 4.79 Å². The number of para-hydroxylation sites is 1. The molecule has 2 heterocycles. The Labute approximate surface area is 144 Å². The van der Waals surface area contributed by atoms with Crippen LogP contribution < -0.4 is 5.32 Å². The van der Waals surface area contributed by atoms with E-state index in [1.165, 1.54) is 0 Å². The number of benzene rings is 2. The van der Waals surface area contributed by atoms with Crippen LogP contribution in [0.5, 0.6) is 0 Å². The standard InChI is InChI=1S/C19H17N5O/c25-19(17-12-15-8-4-5-9-16(15)22-17)23-18(13-24-20-10-11-21-24)14-6-2-1-3-7-14/h1-12,18,22H,13H2,(H,23,25). The van der Waals surface area contributed by atoms with Gasteiger partial charge in [-0.1, -0.05) is 48.5 Å². The molecule has 4 aromatic rings. The molecule has 1 amide bonds. The van der Waals surface area contributed by atoms with E-state index in [-0.39, 0.29) is 11.9 Å². The number of aromatic nitrogens is 4. The molecular weight excluding hydrogens is 314 g/mol. The molecule has 0 spiro atoms. The topological polar surface area (TPSA) is 75.6 Å². The quantitative estimate of drug-likeness (QED) is 0.590. The molecule has 0 bridgehead atoms. The zero-order valence-corrected chi connectivity index (χ0v) is 13.5. The van der Waals surface area contributed by atoms with Gasteiger partial charge in [-0.2, -0.15) is 15.0 Å². The van der Waals surface area contributed by atoms with Crippen LogP contribution in [0.15, 0.2) is 73.1 Å². The van der Waals surface area contributed by atoms with E-state index in [0.717, 1.165) is 16.5 Å². The van der Waals surface area contributed by atoms with Crippen LogP contribution in [-0.4, -0.2) is 25.9 Å². The Morgan fingerprint density at radius 3 is 2.52 bits per heavy atom. The highest BCUT2D eigenvalue weighted by Gasteiger charge is 2.18. The lowest BCUT2D eigenvalue weighted by molar-refractivity contribution is 0.0926. The first-order valence-electron chi connectivity index (χ1n) is 8.07. The van der Waals surface area contributed by atoms with E-state index in [1.807, 2.05) is 60.7 Å². The van der Waals surface area contributed by atoms with Gasteiger partial charge in [0.15, 0.2) is 0 Å². The molecule has 6 nitrogen and oxygen atoms in total. The van der Waals surface area contributed by atoms with Crippen LogP contribution in [0, 0.1) is 0 Å². The van der Waals surface area contributed by atoms with Crippen molar-refractivity contribution in [3.63, 3.8) is 0 Å². The van der Waals surface area contributed by atoms with Gasteiger partial charge in [0.2, 0.25) is 0 Å². The number of hydrogen-bond acceptors (Lipinski definition) is 3. The largest absolute Gasteiger partial charge is 0.351 e. The van der Waals surface area contributed by atoms with E-state index in [0.29, 0.717) is 12.2 Å². The van der Waals surface area contributed by atoms with Crippen molar-refractivity contribution >= 4 is 16.8 Å². The summed E-state index contributed by atoms with van der Waals surface area (Å²) in [6, 6.07) is 19.3. The summed E-state index contributed by atoms with van der Waals surface area (Å²) in [5.41, 5.74) is 2.48. The van der Waals surface area contributed by atoms with E-state index < -0.39 is 0 Å². The number of rotatable bonds is 5. The van der Waals surface area contributed by atoms with Gasteiger partial charge in [0, 0.05) is 10.9 Å². The van der Waals surface area contributed by atoms with Crippen molar-refractivity contribution in [1.82, 2.24) is 25.3 Å². The average Bonchev–Trinajstić information content (AvgIpc) is 3.31. The normalized spacial score (nSPS) is 12.2. The van der Waals surface area contributed by atoms with Gasteiger partial charge < -0.3 is 10.3 Å². The smallest absolute Gasteiger partial charge is 0.268 e. The zero-order valence-electron chi connectivity index (χ0n) is 13.5. The highest BCUT2D eigenvalue weighted by molar-refractivity contribution is 5.98. The molecule has 0 fully saturated rings. The van der Waals surface area contributed by atoms with Crippen LogP contribution in [0.3, 0.4) is 0 Å². The predicted molar refractivity (Wildman–Crippen MR) is 95.0 cm³/mol. The molecule has 124 valence electrons. The third-order valence-electron chi connectivity index (χ3n) is 4.09. The summed E-state index contributed by atoms with van der Waals surface area (Å²) in [7, 11) is 0. The van der Waals surface area contributed by atoms with Gasteiger partial charge in [0.1, 0.15) is 5.69 Å². The summed E-state index contributed by atoms with van der Waals surface area (Å²) in [6.45, 7) is 0.461. The molecule has 4 rings (SSSR count). The maximum absolute atomic E-state index is 12.7. The van der Waals surface area contributed by atoms with Crippen LogP contribution in [0.1, 0.15) is 22.1 Å². The molecule has 0 aliphatic heterocycles. The first kappa shape index (κ1) is 15.1. The van der Waals surface area contributed by atoms with Crippen molar-refractivity contribution in [2.24, 2.45) is 0 Å². The number of fused-ring (bicyclic) bond motifs is 1. The van der Waals surface area contributed by atoms with E-state index in [1.54, 1.807) is 17.2 Å². The van der Waals surface area contributed by atoms with Crippen molar-refractivity contribution in [3.05, 3.63) is 84.3 Å². The summed E-state index contributed by atoms with van der Waals surface area (Å²) < 4.78 is 0. The molecule has 2 N–H and O–H groups in total. The van der Waals surface area contributed by atoms with E-state index in [9.17, 15) is 4.79 Å².